The summed E-state index contributed by atoms with van der Waals surface area (Å²) in [6.45, 7) is 0. The summed E-state index contributed by atoms with van der Waals surface area (Å²) in [5.41, 5.74) is 6.49. The zero-order valence-corrected chi connectivity index (χ0v) is 10.7. The molecule has 90 valence electrons. The Hall–Kier alpha value is -2.06. The van der Waals surface area contributed by atoms with Crippen molar-refractivity contribution in [2.45, 2.75) is 0 Å². The van der Waals surface area contributed by atoms with Crippen LogP contribution in [0, 0.1) is 17.1 Å². The van der Waals surface area contributed by atoms with Crippen LogP contribution in [0.25, 0.3) is 0 Å². The van der Waals surface area contributed by atoms with Crippen molar-refractivity contribution in [3.05, 3.63) is 52.3 Å². The first-order chi connectivity index (χ1) is 8.60. The monoisotopic (exact) mass is 306 g/mol. The molecular formula is C13H8BrFN2O. The lowest BCUT2D eigenvalue weighted by Gasteiger charge is -2.09. The van der Waals surface area contributed by atoms with Crippen LogP contribution < -0.4 is 10.5 Å². The molecule has 0 unspecified atom stereocenters. The number of rotatable bonds is 2. The molecule has 0 radical (unpaired) electrons. The van der Waals surface area contributed by atoms with Gasteiger partial charge in [0.1, 0.15) is 11.6 Å². The Bertz CT molecular complexity index is 637. The molecule has 0 saturated carbocycles. The molecule has 0 aromatic heterocycles. The van der Waals surface area contributed by atoms with E-state index in [0.717, 1.165) is 0 Å². The summed E-state index contributed by atoms with van der Waals surface area (Å²) in [5.74, 6) is 0.184. The molecule has 2 N–H and O–H groups in total. The first-order valence-electron chi connectivity index (χ1n) is 5.02. The Labute approximate surface area is 112 Å². The summed E-state index contributed by atoms with van der Waals surface area (Å²) < 4.78 is 19.1. The predicted molar refractivity (Wildman–Crippen MR) is 69.7 cm³/mol. The molecular weight excluding hydrogens is 299 g/mol. The molecule has 0 saturated heterocycles. The van der Waals surface area contributed by atoms with Gasteiger partial charge >= 0.3 is 0 Å². The normalized spacial score (nSPS) is 9.83. The minimum Gasteiger partial charge on any atom is -0.455 e. The topological polar surface area (TPSA) is 59.0 Å². The Balaban J connectivity index is 2.34. The SMILES string of the molecule is N#Cc1cccc(Oc2cc(F)c(Br)cc2N)c1. The molecule has 18 heavy (non-hydrogen) atoms. The number of hydrogen-bond acceptors (Lipinski definition) is 3. The van der Waals surface area contributed by atoms with E-state index in [4.69, 9.17) is 15.7 Å². The molecule has 3 nitrogen and oxygen atoms in total. The number of nitrogens with two attached hydrogens (primary N) is 1. The maximum atomic E-state index is 13.4. The number of benzene rings is 2. The van der Waals surface area contributed by atoms with E-state index in [1.165, 1.54) is 12.1 Å². The van der Waals surface area contributed by atoms with E-state index in [2.05, 4.69) is 15.9 Å². The minimum atomic E-state index is -0.462. The highest BCUT2D eigenvalue weighted by Crippen LogP contribution is 2.32. The molecule has 0 amide bonds. The summed E-state index contributed by atoms with van der Waals surface area (Å²) in [6, 6.07) is 11.2. The molecule has 2 rings (SSSR count). The molecule has 0 spiro atoms. The standard InChI is InChI=1S/C13H8BrFN2O/c14-10-5-12(17)13(6-11(10)15)18-9-3-1-2-8(4-9)7-16/h1-6H,17H2. The van der Waals surface area contributed by atoms with Gasteiger partial charge in [-0.05, 0) is 40.2 Å². The number of hydrogen-bond donors (Lipinski definition) is 1. The third-order valence-electron chi connectivity index (χ3n) is 2.24. The second kappa shape index (κ2) is 5.07. The van der Waals surface area contributed by atoms with Crippen LogP contribution in [0.15, 0.2) is 40.9 Å². The van der Waals surface area contributed by atoms with Crippen LogP contribution >= 0.6 is 15.9 Å². The lowest BCUT2D eigenvalue weighted by molar-refractivity contribution is 0.478. The van der Waals surface area contributed by atoms with Gasteiger partial charge < -0.3 is 10.5 Å². The van der Waals surface area contributed by atoms with Gasteiger partial charge in [0.25, 0.3) is 0 Å². The second-order valence-electron chi connectivity index (χ2n) is 3.55. The maximum Gasteiger partial charge on any atom is 0.153 e. The second-order valence-corrected chi connectivity index (χ2v) is 4.40. The smallest absolute Gasteiger partial charge is 0.153 e. The number of nitriles is 1. The molecule has 5 heteroatoms. The van der Waals surface area contributed by atoms with Crippen molar-refractivity contribution in [2.24, 2.45) is 0 Å². The maximum absolute atomic E-state index is 13.4. The molecule has 2 aromatic carbocycles. The van der Waals surface area contributed by atoms with Gasteiger partial charge in [-0.1, -0.05) is 6.07 Å². The molecule has 0 aliphatic heterocycles. The minimum absolute atomic E-state index is 0.214. The lowest BCUT2D eigenvalue weighted by Crippen LogP contribution is -1.94. The Morgan fingerprint density at radius 3 is 2.78 bits per heavy atom. The Morgan fingerprint density at radius 1 is 1.28 bits per heavy atom. The van der Waals surface area contributed by atoms with Gasteiger partial charge in [-0.15, -0.1) is 0 Å². The number of anilines is 1. The molecule has 0 heterocycles. The van der Waals surface area contributed by atoms with Crippen LogP contribution in [0.4, 0.5) is 10.1 Å². The van der Waals surface area contributed by atoms with Crippen LogP contribution in [0.1, 0.15) is 5.56 Å². The molecule has 0 atom stereocenters. The molecule has 0 bridgehead atoms. The van der Waals surface area contributed by atoms with E-state index < -0.39 is 5.82 Å². The van der Waals surface area contributed by atoms with Crippen molar-refractivity contribution in [2.75, 3.05) is 5.73 Å². The highest BCUT2D eigenvalue weighted by atomic mass is 79.9. The van der Waals surface area contributed by atoms with Crippen molar-refractivity contribution >= 4 is 21.6 Å². The van der Waals surface area contributed by atoms with E-state index in [0.29, 0.717) is 17.0 Å². The fourth-order valence-corrected chi connectivity index (χ4v) is 1.75. The van der Waals surface area contributed by atoms with Gasteiger partial charge in [-0.2, -0.15) is 5.26 Å². The fraction of sp³-hybridized carbons (Fsp3) is 0. The third-order valence-corrected chi connectivity index (χ3v) is 2.85. The molecule has 0 aliphatic carbocycles. The lowest BCUT2D eigenvalue weighted by atomic mass is 10.2. The van der Waals surface area contributed by atoms with Gasteiger partial charge in [0.2, 0.25) is 0 Å². The quantitative estimate of drug-likeness (QED) is 0.858. The van der Waals surface area contributed by atoms with Crippen molar-refractivity contribution in [1.29, 1.82) is 5.26 Å². The largest absolute Gasteiger partial charge is 0.455 e. The van der Waals surface area contributed by atoms with E-state index in [-0.39, 0.29) is 10.2 Å². The van der Waals surface area contributed by atoms with E-state index in [9.17, 15) is 4.39 Å². The first-order valence-corrected chi connectivity index (χ1v) is 5.82. The van der Waals surface area contributed by atoms with Crippen LogP contribution in [0.3, 0.4) is 0 Å². The van der Waals surface area contributed by atoms with E-state index in [1.807, 2.05) is 6.07 Å². The van der Waals surface area contributed by atoms with Crippen molar-refractivity contribution in [3.63, 3.8) is 0 Å². The van der Waals surface area contributed by atoms with Crippen molar-refractivity contribution < 1.29 is 9.13 Å². The van der Waals surface area contributed by atoms with Crippen LogP contribution in [-0.4, -0.2) is 0 Å². The van der Waals surface area contributed by atoms with Gasteiger partial charge in [-0.25, -0.2) is 4.39 Å². The zero-order chi connectivity index (χ0) is 13.1. The van der Waals surface area contributed by atoms with Crippen molar-refractivity contribution in [3.8, 4) is 17.6 Å². The highest BCUT2D eigenvalue weighted by Gasteiger charge is 2.08. The van der Waals surface area contributed by atoms with Crippen LogP contribution in [0.5, 0.6) is 11.5 Å². The zero-order valence-electron chi connectivity index (χ0n) is 9.15. The predicted octanol–water partition coefficient (Wildman–Crippen LogP) is 3.83. The molecule has 0 aliphatic rings. The average Bonchev–Trinajstić information content (AvgIpc) is 2.36. The van der Waals surface area contributed by atoms with E-state index >= 15 is 0 Å². The van der Waals surface area contributed by atoms with Crippen LogP contribution in [-0.2, 0) is 0 Å². The van der Waals surface area contributed by atoms with Crippen molar-refractivity contribution in [1.82, 2.24) is 0 Å². The summed E-state index contributed by atoms with van der Waals surface area (Å²) in [6.07, 6.45) is 0. The van der Waals surface area contributed by atoms with Gasteiger partial charge in [-0.3, -0.25) is 0 Å². The molecule has 2 aromatic rings. The third kappa shape index (κ3) is 2.60. The van der Waals surface area contributed by atoms with Gasteiger partial charge in [0, 0.05) is 6.07 Å². The van der Waals surface area contributed by atoms with E-state index in [1.54, 1.807) is 24.3 Å². The van der Waals surface area contributed by atoms with Gasteiger partial charge in [0.15, 0.2) is 5.75 Å². The summed E-state index contributed by atoms with van der Waals surface area (Å²) in [5, 5.41) is 8.77. The summed E-state index contributed by atoms with van der Waals surface area (Å²) in [4.78, 5) is 0. The molecule has 0 fully saturated rings. The van der Waals surface area contributed by atoms with Crippen LogP contribution in [0.2, 0.25) is 0 Å². The summed E-state index contributed by atoms with van der Waals surface area (Å²) >= 11 is 3.03. The number of halogens is 2. The summed E-state index contributed by atoms with van der Waals surface area (Å²) in [7, 11) is 0. The first kappa shape index (κ1) is 12.4. The average molecular weight is 307 g/mol. The fourth-order valence-electron chi connectivity index (χ4n) is 1.39. The number of nitrogens with zero attached hydrogens (tertiary/aromatic N) is 1. The highest BCUT2D eigenvalue weighted by molar-refractivity contribution is 9.10. The van der Waals surface area contributed by atoms with Gasteiger partial charge in [0.05, 0.1) is 21.8 Å². The number of nitrogen functional groups attached to an aromatic ring is 1. The Kier molecular flexibility index (Phi) is 3.49. The Morgan fingerprint density at radius 2 is 2.06 bits per heavy atom. The number of ether oxygens (including phenoxy) is 1.